The lowest BCUT2D eigenvalue weighted by molar-refractivity contribution is -0.154. The van der Waals surface area contributed by atoms with E-state index in [1.54, 1.807) is 6.92 Å². The number of ether oxygens (including phenoxy) is 1. The maximum atomic E-state index is 11.1. The van der Waals surface area contributed by atoms with Crippen molar-refractivity contribution in [3.05, 3.63) is 0 Å². The molecular formula is C8H13NO4. The van der Waals surface area contributed by atoms with Crippen LogP contribution in [0.5, 0.6) is 0 Å². The molecule has 0 bridgehead atoms. The number of hydrogen-bond donors (Lipinski definition) is 1. The van der Waals surface area contributed by atoms with Gasteiger partial charge in [0.1, 0.15) is 0 Å². The van der Waals surface area contributed by atoms with Crippen LogP contribution >= 0.6 is 0 Å². The van der Waals surface area contributed by atoms with Gasteiger partial charge in [-0.25, -0.2) is 0 Å². The standard InChI is InChI=1S/C8H13NO4/c1-4-13-8(12)6(5(2)10)7(11)9-3/h6H,4H2,1-3H3,(H,9,11). The molecule has 0 aromatic carbocycles. The van der Waals surface area contributed by atoms with Crippen LogP contribution in [0, 0.1) is 5.92 Å². The lowest BCUT2D eigenvalue weighted by Crippen LogP contribution is -2.38. The fourth-order valence-corrected chi connectivity index (χ4v) is 0.828. The molecule has 0 aromatic rings. The van der Waals surface area contributed by atoms with E-state index in [4.69, 9.17) is 0 Å². The van der Waals surface area contributed by atoms with Gasteiger partial charge in [0.25, 0.3) is 0 Å². The van der Waals surface area contributed by atoms with Crippen molar-refractivity contribution < 1.29 is 19.1 Å². The summed E-state index contributed by atoms with van der Waals surface area (Å²) in [5, 5.41) is 2.23. The predicted octanol–water partition coefficient (Wildman–Crippen LogP) is -0.499. The fraction of sp³-hybridized carbons (Fsp3) is 0.625. The van der Waals surface area contributed by atoms with Gasteiger partial charge in [-0.2, -0.15) is 0 Å². The van der Waals surface area contributed by atoms with Crippen LogP contribution in [-0.2, 0) is 19.1 Å². The number of nitrogens with one attached hydrogen (secondary N) is 1. The van der Waals surface area contributed by atoms with Crippen LogP contribution < -0.4 is 5.32 Å². The van der Waals surface area contributed by atoms with Crippen LogP contribution in [0.15, 0.2) is 0 Å². The monoisotopic (exact) mass is 187 g/mol. The average Bonchev–Trinajstić information content (AvgIpc) is 2.04. The van der Waals surface area contributed by atoms with Crippen molar-refractivity contribution in [3.8, 4) is 0 Å². The number of carbonyl (C=O) groups excluding carboxylic acids is 3. The zero-order valence-corrected chi connectivity index (χ0v) is 7.92. The molecule has 0 spiro atoms. The molecule has 0 aliphatic rings. The molecule has 74 valence electrons. The third-order valence-corrected chi connectivity index (χ3v) is 1.44. The highest BCUT2D eigenvalue weighted by molar-refractivity contribution is 6.15. The van der Waals surface area contributed by atoms with Gasteiger partial charge < -0.3 is 10.1 Å². The van der Waals surface area contributed by atoms with Crippen molar-refractivity contribution in [1.29, 1.82) is 0 Å². The van der Waals surface area contributed by atoms with Crippen molar-refractivity contribution in [3.63, 3.8) is 0 Å². The Morgan fingerprint density at radius 2 is 1.92 bits per heavy atom. The Labute approximate surface area is 76.4 Å². The number of amides is 1. The van der Waals surface area contributed by atoms with E-state index in [0.717, 1.165) is 0 Å². The SMILES string of the molecule is CCOC(=O)C(C(C)=O)C(=O)NC. The normalized spacial score (nSPS) is 11.6. The Hall–Kier alpha value is -1.39. The van der Waals surface area contributed by atoms with Crippen LogP contribution in [-0.4, -0.2) is 31.3 Å². The quantitative estimate of drug-likeness (QED) is 0.475. The first kappa shape index (κ1) is 11.6. The molecule has 5 heteroatoms. The van der Waals surface area contributed by atoms with Gasteiger partial charge in [-0.15, -0.1) is 0 Å². The second-order valence-electron chi connectivity index (χ2n) is 2.41. The summed E-state index contributed by atoms with van der Waals surface area (Å²) in [7, 11) is 1.36. The first-order valence-electron chi connectivity index (χ1n) is 3.93. The molecule has 1 atom stereocenters. The molecule has 0 saturated heterocycles. The molecule has 0 radical (unpaired) electrons. The first-order chi connectivity index (χ1) is 6.04. The summed E-state index contributed by atoms with van der Waals surface area (Å²) in [4.78, 5) is 33.0. The molecule has 0 aromatic heterocycles. The Bertz CT molecular complexity index is 224. The summed E-state index contributed by atoms with van der Waals surface area (Å²) >= 11 is 0. The Morgan fingerprint density at radius 1 is 1.38 bits per heavy atom. The molecular weight excluding hydrogens is 174 g/mol. The Kier molecular flexibility index (Phi) is 4.72. The van der Waals surface area contributed by atoms with Crippen LogP contribution in [0.3, 0.4) is 0 Å². The molecule has 1 N–H and O–H groups in total. The maximum Gasteiger partial charge on any atom is 0.326 e. The van der Waals surface area contributed by atoms with Crippen LogP contribution in [0.4, 0.5) is 0 Å². The zero-order chi connectivity index (χ0) is 10.4. The van der Waals surface area contributed by atoms with Gasteiger partial charge >= 0.3 is 5.97 Å². The van der Waals surface area contributed by atoms with Gasteiger partial charge in [0.15, 0.2) is 11.7 Å². The van der Waals surface area contributed by atoms with Gasteiger partial charge in [-0.05, 0) is 13.8 Å². The zero-order valence-electron chi connectivity index (χ0n) is 7.92. The van der Waals surface area contributed by atoms with Crippen molar-refractivity contribution in [2.24, 2.45) is 5.92 Å². The lowest BCUT2D eigenvalue weighted by atomic mass is 10.1. The molecule has 1 amide bonds. The molecule has 0 fully saturated rings. The van der Waals surface area contributed by atoms with Crippen molar-refractivity contribution >= 4 is 17.7 Å². The van der Waals surface area contributed by atoms with E-state index < -0.39 is 23.6 Å². The average molecular weight is 187 g/mol. The predicted molar refractivity (Wildman–Crippen MR) is 44.9 cm³/mol. The molecule has 0 rings (SSSR count). The van der Waals surface area contributed by atoms with E-state index in [9.17, 15) is 14.4 Å². The number of hydrogen-bond acceptors (Lipinski definition) is 4. The number of carbonyl (C=O) groups is 3. The molecule has 0 aliphatic heterocycles. The van der Waals surface area contributed by atoms with Gasteiger partial charge in [0.05, 0.1) is 6.61 Å². The van der Waals surface area contributed by atoms with E-state index in [2.05, 4.69) is 10.1 Å². The fourth-order valence-electron chi connectivity index (χ4n) is 0.828. The largest absolute Gasteiger partial charge is 0.465 e. The summed E-state index contributed by atoms with van der Waals surface area (Å²) < 4.78 is 4.57. The van der Waals surface area contributed by atoms with Crippen molar-refractivity contribution in [1.82, 2.24) is 5.32 Å². The number of rotatable bonds is 4. The van der Waals surface area contributed by atoms with Crippen LogP contribution in [0.1, 0.15) is 13.8 Å². The van der Waals surface area contributed by atoms with Gasteiger partial charge in [0, 0.05) is 7.05 Å². The topological polar surface area (TPSA) is 72.5 Å². The summed E-state index contributed by atoms with van der Waals surface area (Å²) in [5.41, 5.74) is 0. The molecule has 0 saturated carbocycles. The molecule has 0 heterocycles. The second kappa shape index (κ2) is 5.29. The second-order valence-corrected chi connectivity index (χ2v) is 2.41. The summed E-state index contributed by atoms with van der Waals surface area (Å²) in [6.45, 7) is 2.94. The lowest BCUT2D eigenvalue weighted by Gasteiger charge is -2.10. The molecule has 5 nitrogen and oxygen atoms in total. The smallest absolute Gasteiger partial charge is 0.326 e. The Balaban J connectivity index is 4.51. The molecule has 13 heavy (non-hydrogen) atoms. The summed E-state index contributed by atoms with van der Waals surface area (Å²) in [5.74, 6) is -3.27. The molecule has 1 unspecified atom stereocenters. The van der Waals surface area contributed by atoms with E-state index in [1.807, 2.05) is 0 Å². The van der Waals surface area contributed by atoms with Gasteiger partial charge in [0.2, 0.25) is 5.91 Å². The summed E-state index contributed by atoms with van der Waals surface area (Å²) in [6, 6.07) is 0. The minimum atomic E-state index is -1.33. The molecule has 0 aliphatic carbocycles. The first-order valence-corrected chi connectivity index (χ1v) is 3.93. The maximum absolute atomic E-state index is 11.1. The van der Waals surface area contributed by atoms with E-state index in [-0.39, 0.29) is 6.61 Å². The Morgan fingerprint density at radius 3 is 2.23 bits per heavy atom. The van der Waals surface area contributed by atoms with Crippen LogP contribution in [0.25, 0.3) is 0 Å². The summed E-state index contributed by atoms with van der Waals surface area (Å²) in [6.07, 6.45) is 0. The van der Waals surface area contributed by atoms with E-state index in [0.29, 0.717) is 0 Å². The minimum absolute atomic E-state index is 0.152. The third kappa shape index (κ3) is 3.23. The third-order valence-electron chi connectivity index (χ3n) is 1.44. The minimum Gasteiger partial charge on any atom is -0.465 e. The van der Waals surface area contributed by atoms with E-state index in [1.165, 1.54) is 14.0 Å². The van der Waals surface area contributed by atoms with Gasteiger partial charge in [-0.3, -0.25) is 14.4 Å². The highest BCUT2D eigenvalue weighted by atomic mass is 16.5. The number of ketones is 1. The van der Waals surface area contributed by atoms with Crippen LogP contribution in [0.2, 0.25) is 0 Å². The number of esters is 1. The highest BCUT2D eigenvalue weighted by Crippen LogP contribution is 2.01. The van der Waals surface area contributed by atoms with E-state index >= 15 is 0 Å². The number of Topliss-reactive ketones (excluding diaryl/α,β-unsaturated/α-hetero) is 1. The van der Waals surface area contributed by atoms with Gasteiger partial charge in [-0.1, -0.05) is 0 Å². The van der Waals surface area contributed by atoms with Crippen molar-refractivity contribution in [2.75, 3.05) is 13.7 Å². The van der Waals surface area contributed by atoms with Crippen molar-refractivity contribution in [2.45, 2.75) is 13.8 Å². The highest BCUT2D eigenvalue weighted by Gasteiger charge is 2.31.